The molecule has 0 bridgehead atoms. The Morgan fingerprint density at radius 1 is 0.947 bits per heavy atom. The van der Waals surface area contributed by atoms with Crippen LogP contribution in [0, 0.1) is 0 Å². The molecule has 0 atom stereocenters. The van der Waals surface area contributed by atoms with Gasteiger partial charge in [0.05, 0.1) is 0 Å². The number of hydrogen-bond acceptors (Lipinski definition) is 2. The molecule has 19 heavy (non-hydrogen) atoms. The van der Waals surface area contributed by atoms with Crippen LogP contribution in [0.1, 0.15) is 27.9 Å². The molecule has 2 aromatic rings. The number of aliphatic hydroxyl groups excluding tert-OH is 1. The summed E-state index contributed by atoms with van der Waals surface area (Å²) >= 11 is 3.35. The number of benzene rings is 2. The third-order valence-corrected chi connectivity index (χ3v) is 3.47. The lowest BCUT2D eigenvalue weighted by molar-refractivity contribution is 0.103. The molecule has 0 aromatic heterocycles. The van der Waals surface area contributed by atoms with Gasteiger partial charge in [0.25, 0.3) is 0 Å². The maximum Gasteiger partial charge on any atom is 0.193 e. The second-order valence-electron chi connectivity index (χ2n) is 4.36. The third-order valence-electron chi connectivity index (χ3n) is 2.95. The van der Waals surface area contributed by atoms with E-state index in [4.69, 9.17) is 5.11 Å². The van der Waals surface area contributed by atoms with Crippen molar-refractivity contribution in [2.45, 2.75) is 12.8 Å². The van der Waals surface area contributed by atoms with E-state index in [2.05, 4.69) is 15.9 Å². The molecule has 2 rings (SSSR count). The number of carbonyl (C=O) groups is 1. The topological polar surface area (TPSA) is 37.3 Å². The first-order valence-corrected chi connectivity index (χ1v) is 7.00. The molecule has 0 aliphatic carbocycles. The molecular weight excluding hydrogens is 304 g/mol. The lowest BCUT2D eigenvalue weighted by Crippen LogP contribution is -2.01. The maximum absolute atomic E-state index is 12.2. The summed E-state index contributed by atoms with van der Waals surface area (Å²) in [6, 6.07) is 14.9. The molecule has 0 spiro atoms. The van der Waals surface area contributed by atoms with Gasteiger partial charge in [0.15, 0.2) is 5.78 Å². The van der Waals surface area contributed by atoms with Crippen LogP contribution in [0.15, 0.2) is 53.0 Å². The van der Waals surface area contributed by atoms with E-state index < -0.39 is 0 Å². The number of carbonyl (C=O) groups excluding carboxylic acids is 1. The Morgan fingerprint density at radius 2 is 1.47 bits per heavy atom. The minimum Gasteiger partial charge on any atom is -0.396 e. The number of rotatable bonds is 5. The highest BCUT2D eigenvalue weighted by Crippen LogP contribution is 2.15. The van der Waals surface area contributed by atoms with E-state index in [1.807, 2.05) is 48.5 Å². The summed E-state index contributed by atoms with van der Waals surface area (Å²) in [7, 11) is 0. The molecular formula is C16H15BrO2. The Labute approximate surface area is 121 Å². The van der Waals surface area contributed by atoms with Crippen LogP contribution in [0.3, 0.4) is 0 Å². The Morgan fingerprint density at radius 3 is 2.00 bits per heavy atom. The minimum atomic E-state index is 0.0289. The van der Waals surface area contributed by atoms with E-state index in [1.165, 1.54) is 0 Å². The molecule has 1 N–H and O–H groups in total. The fourth-order valence-electron chi connectivity index (χ4n) is 1.87. The van der Waals surface area contributed by atoms with Crippen LogP contribution in [-0.2, 0) is 6.42 Å². The number of aliphatic hydroxyl groups is 1. The minimum absolute atomic E-state index is 0.0289. The Balaban J connectivity index is 2.13. The summed E-state index contributed by atoms with van der Waals surface area (Å²) in [5.41, 5.74) is 2.52. The first-order chi connectivity index (χ1) is 9.20. The second kappa shape index (κ2) is 6.64. The van der Waals surface area contributed by atoms with Crippen molar-refractivity contribution in [1.82, 2.24) is 0 Å². The van der Waals surface area contributed by atoms with Gasteiger partial charge in [0.1, 0.15) is 0 Å². The standard InChI is InChI=1S/C16H15BrO2/c17-15-9-7-14(8-10-15)16(19)13-5-3-12(4-6-13)2-1-11-18/h3-10,18H,1-2,11H2. The highest BCUT2D eigenvalue weighted by atomic mass is 79.9. The van der Waals surface area contributed by atoms with Crippen molar-refractivity contribution in [3.05, 3.63) is 69.7 Å². The first-order valence-electron chi connectivity index (χ1n) is 6.21. The predicted molar refractivity (Wildman–Crippen MR) is 79.4 cm³/mol. The molecule has 0 amide bonds. The predicted octanol–water partition coefficient (Wildman–Crippen LogP) is 3.61. The van der Waals surface area contributed by atoms with Gasteiger partial charge in [-0.3, -0.25) is 4.79 Å². The SMILES string of the molecule is O=C(c1ccc(Br)cc1)c1ccc(CCCO)cc1. The van der Waals surface area contributed by atoms with Gasteiger partial charge < -0.3 is 5.11 Å². The Hall–Kier alpha value is -1.45. The first kappa shape index (κ1) is 14.0. The smallest absolute Gasteiger partial charge is 0.193 e. The normalized spacial score (nSPS) is 10.4. The lowest BCUT2D eigenvalue weighted by atomic mass is 10.0. The zero-order valence-electron chi connectivity index (χ0n) is 10.5. The van der Waals surface area contributed by atoms with Crippen molar-refractivity contribution in [3.63, 3.8) is 0 Å². The largest absolute Gasteiger partial charge is 0.396 e. The number of halogens is 1. The van der Waals surface area contributed by atoms with E-state index in [9.17, 15) is 4.79 Å². The summed E-state index contributed by atoms with van der Waals surface area (Å²) in [5, 5.41) is 8.78. The summed E-state index contributed by atoms with van der Waals surface area (Å²) < 4.78 is 0.961. The van der Waals surface area contributed by atoms with E-state index in [-0.39, 0.29) is 12.4 Å². The van der Waals surface area contributed by atoms with Gasteiger partial charge in [-0.25, -0.2) is 0 Å². The van der Waals surface area contributed by atoms with Crippen molar-refractivity contribution >= 4 is 21.7 Å². The van der Waals surface area contributed by atoms with E-state index >= 15 is 0 Å². The molecule has 0 saturated heterocycles. The van der Waals surface area contributed by atoms with Gasteiger partial charge in [0, 0.05) is 22.2 Å². The second-order valence-corrected chi connectivity index (χ2v) is 5.28. The van der Waals surface area contributed by atoms with Gasteiger partial charge in [0.2, 0.25) is 0 Å². The summed E-state index contributed by atoms with van der Waals surface area (Å²) in [4.78, 5) is 12.2. The van der Waals surface area contributed by atoms with Crippen LogP contribution in [0.4, 0.5) is 0 Å². The molecule has 0 saturated carbocycles. The van der Waals surface area contributed by atoms with Crippen LogP contribution in [-0.4, -0.2) is 17.5 Å². The number of hydrogen-bond donors (Lipinski definition) is 1. The third kappa shape index (κ3) is 3.75. The lowest BCUT2D eigenvalue weighted by Gasteiger charge is -2.04. The van der Waals surface area contributed by atoms with Crippen molar-refractivity contribution in [3.8, 4) is 0 Å². The molecule has 0 aliphatic heterocycles. The fraction of sp³-hybridized carbons (Fsp3) is 0.188. The van der Waals surface area contributed by atoms with Crippen LogP contribution in [0.2, 0.25) is 0 Å². The van der Waals surface area contributed by atoms with Gasteiger partial charge in [-0.1, -0.05) is 40.2 Å². The van der Waals surface area contributed by atoms with Crippen LogP contribution in [0.25, 0.3) is 0 Å². The monoisotopic (exact) mass is 318 g/mol. The summed E-state index contributed by atoms with van der Waals surface area (Å²) in [5.74, 6) is 0.0289. The molecule has 2 nitrogen and oxygen atoms in total. The number of ketones is 1. The van der Waals surface area contributed by atoms with Crippen molar-refractivity contribution < 1.29 is 9.90 Å². The number of aryl methyl sites for hydroxylation is 1. The molecule has 0 aliphatic rings. The van der Waals surface area contributed by atoms with Crippen LogP contribution < -0.4 is 0 Å². The average molecular weight is 319 g/mol. The highest BCUT2D eigenvalue weighted by Gasteiger charge is 2.08. The molecule has 0 unspecified atom stereocenters. The Kier molecular flexibility index (Phi) is 4.88. The maximum atomic E-state index is 12.2. The molecule has 0 heterocycles. The van der Waals surface area contributed by atoms with E-state index in [0.717, 1.165) is 22.9 Å². The molecule has 2 aromatic carbocycles. The molecule has 98 valence electrons. The zero-order chi connectivity index (χ0) is 13.7. The van der Waals surface area contributed by atoms with Gasteiger partial charge in [-0.05, 0) is 42.7 Å². The van der Waals surface area contributed by atoms with Gasteiger partial charge in [-0.2, -0.15) is 0 Å². The fourth-order valence-corrected chi connectivity index (χ4v) is 2.14. The summed E-state index contributed by atoms with van der Waals surface area (Å²) in [6.45, 7) is 0.194. The van der Waals surface area contributed by atoms with Gasteiger partial charge in [-0.15, -0.1) is 0 Å². The molecule has 0 radical (unpaired) electrons. The van der Waals surface area contributed by atoms with Crippen molar-refractivity contribution in [2.75, 3.05) is 6.61 Å². The quantitative estimate of drug-likeness (QED) is 0.855. The van der Waals surface area contributed by atoms with Crippen LogP contribution in [0.5, 0.6) is 0 Å². The zero-order valence-corrected chi connectivity index (χ0v) is 12.1. The van der Waals surface area contributed by atoms with Crippen molar-refractivity contribution in [1.29, 1.82) is 0 Å². The highest BCUT2D eigenvalue weighted by molar-refractivity contribution is 9.10. The molecule has 0 fully saturated rings. The van der Waals surface area contributed by atoms with Crippen molar-refractivity contribution in [2.24, 2.45) is 0 Å². The average Bonchev–Trinajstić information content (AvgIpc) is 2.46. The van der Waals surface area contributed by atoms with Crippen LogP contribution >= 0.6 is 15.9 Å². The molecule has 3 heteroatoms. The Bertz CT molecular complexity index is 544. The van der Waals surface area contributed by atoms with E-state index in [1.54, 1.807) is 0 Å². The van der Waals surface area contributed by atoms with E-state index in [0.29, 0.717) is 11.1 Å². The van der Waals surface area contributed by atoms with Gasteiger partial charge >= 0.3 is 0 Å². The summed E-state index contributed by atoms with van der Waals surface area (Å²) in [6.07, 6.45) is 1.59.